The van der Waals surface area contributed by atoms with Crippen molar-refractivity contribution in [3.8, 4) is 11.8 Å². The van der Waals surface area contributed by atoms with Gasteiger partial charge in [0.25, 0.3) is 5.91 Å². The van der Waals surface area contributed by atoms with Gasteiger partial charge in [-0.2, -0.15) is 0 Å². The molecular formula is C15H17NO4. The zero-order chi connectivity index (χ0) is 15.0. The molecule has 0 saturated heterocycles. The molecule has 0 aliphatic carbocycles. The molecular weight excluding hydrogens is 258 g/mol. The van der Waals surface area contributed by atoms with E-state index in [2.05, 4.69) is 16.6 Å². The Balaban J connectivity index is 3.03. The van der Waals surface area contributed by atoms with Crippen molar-refractivity contribution in [3.05, 3.63) is 35.4 Å². The Morgan fingerprint density at radius 3 is 2.65 bits per heavy atom. The summed E-state index contributed by atoms with van der Waals surface area (Å²) in [4.78, 5) is 25.1. The molecule has 0 aromatic heterocycles. The normalized spacial score (nSPS) is 9.35. The number of aliphatic hydroxyl groups excluding tert-OH is 1. The first kappa shape index (κ1) is 15.7. The molecule has 20 heavy (non-hydrogen) atoms. The highest BCUT2D eigenvalue weighted by atomic mass is 16.5. The number of rotatable bonds is 4. The van der Waals surface area contributed by atoms with Crippen molar-refractivity contribution >= 4 is 11.9 Å². The molecule has 1 amide bonds. The highest BCUT2D eigenvalue weighted by Gasteiger charge is 2.19. The maximum absolute atomic E-state index is 12.4. The average molecular weight is 275 g/mol. The maximum atomic E-state index is 12.4. The van der Waals surface area contributed by atoms with Crippen LogP contribution in [0, 0.1) is 11.8 Å². The lowest BCUT2D eigenvalue weighted by Crippen LogP contribution is -2.36. The van der Waals surface area contributed by atoms with E-state index in [1.54, 1.807) is 31.2 Å². The van der Waals surface area contributed by atoms with Crippen LogP contribution in [0.4, 0.5) is 0 Å². The number of likely N-dealkylation sites (N-methyl/N-ethyl adjacent to an activating group) is 1. The second kappa shape index (κ2) is 7.97. The summed E-state index contributed by atoms with van der Waals surface area (Å²) < 4.78 is 4.57. The molecule has 0 aliphatic rings. The molecule has 106 valence electrons. The van der Waals surface area contributed by atoms with Crippen molar-refractivity contribution in [1.82, 2.24) is 4.90 Å². The number of ether oxygens (including phenoxy) is 1. The van der Waals surface area contributed by atoms with Crippen LogP contribution in [0.5, 0.6) is 0 Å². The summed E-state index contributed by atoms with van der Waals surface area (Å²) in [6.45, 7) is 1.79. The van der Waals surface area contributed by atoms with E-state index in [0.717, 1.165) is 0 Å². The number of hydrogen-bond donors (Lipinski definition) is 1. The van der Waals surface area contributed by atoms with Gasteiger partial charge in [0.05, 0.1) is 12.7 Å². The molecule has 0 atom stereocenters. The van der Waals surface area contributed by atoms with Crippen molar-refractivity contribution in [2.75, 3.05) is 26.8 Å². The van der Waals surface area contributed by atoms with Gasteiger partial charge in [-0.15, -0.1) is 0 Å². The fourth-order valence-electron chi connectivity index (χ4n) is 1.63. The molecule has 1 aromatic carbocycles. The number of carbonyl (C=O) groups is 2. The summed E-state index contributed by atoms with van der Waals surface area (Å²) in [7, 11) is 1.28. The van der Waals surface area contributed by atoms with Crippen LogP contribution in [0.3, 0.4) is 0 Å². The smallest absolute Gasteiger partial charge is 0.325 e. The number of nitrogens with zero attached hydrogens (tertiary/aromatic N) is 1. The number of esters is 1. The number of methoxy groups -OCH3 is 1. The van der Waals surface area contributed by atoms with Gasteiger partial charge in [0.1, 0.15) is 13.2 Å². The first-order chi connectivity index (χ1) is 9.63. The van der Waals surface area contributed by atoms with Gasteiger partial charge in [-0.25, -0.2) is 0 Å². The third-order valence-electron chi connectivity index (χ3n) is 2.68. The SMILES string of the molecule is CCN(CC(=O)OC)C(=O)c1ccccc1C#CCO. The zero-order valence-electron chi connectivity index (χ0n) is 11.5. The molecule has 1 aromatic rings. The molecule has 0 aliphatic heterocycles. The minimum Gasteiger partial charge on any atom is -0.468 e. The summed E-state index contributed by atoms with van der Waals surface area (Å²) in [5.41, 5.74) is 0.925. The van der Waals surface area contributed by atoms with Gasteiger partial charge < -0.3 is 14.7 Å². The van der Waals surface area contributed by atoms with Crippen LogP contribution in [0.25, 0.3) is 0 Å². The van der Waals surface area contributed by atoms with Gasteiger partial charge in [-0.05, 0) is 19.1 Å². The van der Waals surface area contributed by atoms with Crippen LogP contribution < -0.4 is 0 Å². The Morgan fingerprint density at radius 1 is 1.35 bits per heavy atom. The van der Waals surface area contributed by atoms with Crippen molar-refractivity contribution < 1.29 is 19.4 Å². The van der Waals surface area contributed by atoms with Crippen LogP contribution in [0.1, 0.15) is 22.8 Å². The lowest BCUT2D eigenvalue weighted by molar-refractivity contribution is -0.141. The zero-order valence-corrected chi connectivity index (χ0v) is 11.5. The van der Waals surface area contributed by atoms with E-state index in [1.165, 1.54) is 12.0 Å². The van der Waals surface area contributed by atoms with E-state index in [1.807, 2.05) is 0 Å². The number of hydrogen-bond acceptors (Lipinski definition) is 4. The summed E-state index contributed by atoms with van der Waals surface area (Å²) >= 11 is 0. The topological polar surface area (TPSA) is 66.8 Å². The van der Waals surface area contributed by atoms with E-state index < -0.39 is 5.97 Å². The number of benzene rings is 1. The van der Waals surface area contributed by atoms with E-state index in [-0.39, 0.29) is 19.1 Å². The standard InChI is InChI=1S/C15H17NO4/c1-3-16(11-14(18)20-2)15(19)13-9-5-4-7-12(13)8-6-10-17/h4-5,7,9,17H,3,10-11H2,1-2H3. The highest BCUT2D eigenvalue weighted by molar-refractivity contribution is 5.98. The molecule has 5 nitrogen and oxygen atoms in total. The predicted octanol–water partition coefficient (Wildman–Crippen LogP) is 0.665. The van der Waals surface area contributed by atoms with Gasteiger partial charge in [-0.1, -0.05) is 24.0 Å². The lowest BCUT2D eigenvalue weighted by atomic mass is 10.1. The Labute approximate surface area is 118 Å². The largest absolute Gasteiger partial charge is 0.468 e. The number of aliphatic hydroxyl groups is 1. The third-order valence-corrected chi connectivity index (χ3v) is 2.68. The minimum atomic E-state index is -0.473. The molecule has 1 N–H and O–H groups in total. The van der Waals surface area contributed by atoms with Crippen LogP contribution in [0.2, 0.25) is 0 Å². The second-order valence-electron chi connectivity index (χ2n) is 3.90. The monoisotopic (exact) mass is 275 g/mol. The molecule has 1 rings (SSSR count). The predicted molar refractivity (Wildman–Crippen MR) is 74.0 cm³/mol. The van der Waals surface area contributed by atoms with Gasteiger partial charge in [0.15, 0.2) is 0 Å². The van der Waals surface area contributed by atoms with Gasteiger partial charge in [-0.3, -0.25) is 9.59 Å². The van der Waals surface area contributed by atoms with Crippen LogP contribution >= 0.6 is 0 Å². The summed E-state index contributed by atoms with van der Waals surface area (Å²) in [5, 5.41) is 8.73. The number of amides is 1. The maximum Gasteiger partial charge on any atom is 0.325 e. The van der Waals surface area contributed by atoms with Gasteiger partial charge in [0, 0.05) is 12.1 Å². The fourth-order valence-corrected chi connectivity index (χ4v) is 1.63. The molecule has 0 fully saturated rings. The minimum absolute atomic E-state index is 0.104. The average Bonchev–Trinajstić information content (AvgIpc) is 2.49. The Kier molecular flexibility index (Phi) is 6.27. The van der Waals surface area contributed by atoms with Crippen molar-refractivity contribution in [2.45, 2.75) is 6.92 Å². The Morgan fingerprint density at radius 2 is 2.05 bits per heavy atom. The summed E-state index contributed by atoms with van der Waals surface area (Å²) in [5.74, 6) is 4.47. The Hall–Kier alpha value is -2.32. The van der Waals surface area contributed by atoms with Gasteiger partial charge in [0.2, 0.25) is 0 Å². The van der Waals surface area contributed by atoms with E-state index in [4.69, 9.17) is 5.11 Å². The second-order valence-corrected chi connectivity index (χ2v) is 3.90. The highest BCUT2D eigenvalue weighted by Crippen LogP contribution is 2.11. The quantitative estimate of drug-likeness (QED) is 0.647. The molecule has 0 saturated carbocycles. The summed E-state index contributed by atoms with van der Waals surface area (Å²) in [6, 6.07) is 6.82. The van der Waals surface area contributed by atoms with Crippen LogP contribution in [-0.2, 0) is 9.53 Å². The van der Waals surface area contributed by atoms with E-state index in [0.29, 0.717) is 17.7 Å². The van der Waals surface area contributed by atoms with Gasteiger partial charge >= 0.3 is 5.97 Å². The molecule has 0 unspecified atom stereocenters. The molecule has 0 bridgehead atoms. The third kappa shape index (κ3) is 4.11. The van der Waals surface area contributed by atoms with Crippen molar-refractivity contribution in [3.63, 3.8) is 0 Å². The van der Waals surface area contributed by atoms with E-state index in [9.17, 15) is 9.59 Å². The molecule has 5 heteroatoms. The molecule has 0 radical (unpaired) electrons. The fraction of sp³-hybridized carbons (Fsp3) is 0.333. The Bertz CT molecular complexity index is 542. The first-order valence-electron chi connectivity index (χ1n) is 6.18. The van der Waals surface area contributed by atoms with Crippen molar-refractivity contribution in [2.24, 2.45) is 0 Å². The summed E-state index contributed by atoms with van der Waals surface area (Å²) in [6.07, 6.45) is 0. The molecule has 0 spiro atoms. The number of carbonyl (C=O) groups excluding carboxylic acids is 2. The molecule has 0 heterocycles. The van der Waals surface area contributed by atoms with E-state index >= 15 is 0 Å². The van der Waals surface area contributed by atoms with Crippen LogP contribution in [0.15, 0.2) is 24.3 Å². The van der Waals surface area contributed by atoms with Crippen molar-refractivity contribution in [1.29, 1.82) is 0 Å². The first-order valence-corrected chi connectivity index (χ1v) is 6.18. The van der Waals surface area contributed by atoms with Crippen LogP contribution in [-0.4, -0.2) is 48.7 Å². The lowest BCUT2D eigenvalue weighted by Gasteiger charge is -2.20.